The summed E-state index contributed by atoms with van der Waals surface area (Å²) in [6.45, 7) is 0. The van der Waals surface area contributed by atoms with Crippen molar-refractivity contribution < 1.29 is 4.79 Å². The van der Waals surface area contributed by atoms with E-state index >= 15 is 0 Å². The average Bonchev–Trinajstić information content (AvgIpc) is 3.08. The molecule has 0 saturated carbocycles. The van der Waals surface area contributed by atoms with Crippen LogP contribution in [-0.2, 0) is 0 Å². The van der Waals surface area contributed by atoms with Crippen LogP contribution in [0.2, 0.25) is 0 Å². The molecule has 104 valence electrons. The molecule has 0 fully saturated rings. The topological polar surface area (TPSA) is 63.9 Å². The number of carbonyl (C=O) groups is 1. The lowest BCUT2D eigenvalue weighted by molar-refractivity contribution is 0.0993. The van der Waals surface area contributed by atoms with Crippen LogP contribution in [0.15, 0.2) is 60.9 Å². The summed E-state index contributed by atoms with van der Waals surface area (Å²) in [7, 11) is 1.74. The Morgan fingerprint density at radius 3 is 2.48 bits per heavy atom. The van der Waals surface area contributed by atoms with Gasteiger partial charge in [-0.2, -0.15) is 4.68 Å². The molecule has 3 aromatic rings. The van der Waals surface area contributed by atoms with Gasteiger partial charge >= 0.3 is 0 Å². The number of aromatic nitrogens is 4. The van der Waals surface area contributed by atoms with E-state index in [4.69, 9.17) is 0 Å². The molecular weight excluding hydrogens is 266 g/mol. The summed E-state index contributed by atoms with van der Waals surface area (Å²) in [5.74, 6) is -0.118. The van der Waals surface area contributed by atoms with Gasteiger partial charge in [0.2, 0.25) is 0 Å². The smallest absolute Gasteiger partial charge is 0.260 e. The van der Waals surface area contributed by atoms with E-state index in [1.807, 2.05) is 48.5 Å². The molecule has 21 heavy (non-hydrogen) atoms. The zero-order valence-corrected chi connectivity index (χ0v) is 11.4. The summed E-state index contributed by atoms with van der Waals surface area (Å²) < 4.78 is 1.48. The van der Waals surface area contributed by atoms with Crippen LogP contribution in [0.25, 0.3) is 5.69 Å². The second-order valence-corrected chi connectivity index (χ2v) is 4.47. The minimum Gasteiger partial charge on any atom is -0.311 e. The lowest BCUT2D eigenvalue weighted by Crippen LogP contribution is -2.27. The third-order valence-electron chi connectivity index (χ3n) is 3.18. The Hall–Kier alpha value is -3.02. The molecule has 1 heterocycles. The molecule has 0 unspecified atom stereocenters. The van der Waals surface area contributed by atoms with E-state index in [2.05, 4.69) is 15.5 Å². The van der Waals surface area contributed by atoms with Gasteiger partial charge in [-0.05, 0) is 34.7 Å². The number of amides is 1. The molecule has 0 aliphatic carbocycles. The molecule has 0 aliphatic heterocycles. The van der Waals surface area contributed by atoms with E-state index in [1.54, 1.807) is 18.0 Å². The van der Waals surface area contributed by atoms with Gasteiger partial charge in [0.1, 0.15) is 6.33 Å². The molecule has 6 nitrogen and oxygen atoms in total. The fourth-order valence-electron chi connectivity index (χ4n) is 2.08. The molecule has 1 aromatic heterocycles. The van der Waals surface area contributed by atoms with Crippen molar-refractivity contribution >= 4 is 11.6 Å². The maximum absolute atomic E-state index is 12.7. The summed E-state index contributed by atoms with van der Waals surface area (Å²) >= 11 is 0. The zero-order chi connectivity index (χ0) is 14.7. The first-order chi connectivity index (χ1) is 10.3. The maximum atomic E-state index is 12.7. The van der Waals surface area contributed by atoms with Crippen LogP contribution >= 0.6 is 0 Å². The van der Waals surface area contributed by atoms with Gasteiger partial charge in [0.15, 0.2) is 0 Å². The van der Waals surface area contributed by atoms with Gasteiger partial charge in [-0.1, -0.05) is 30.3 Å². The molecule has 3 rings (SSSR count). The van der Waals surface area contributed by atoms with Crippen molar-refractivity contribution in [2.75, 3.05) is 11.9 Å². The molecule has 0 spiro atoms. The van der Waals surface area contributed by atoms with E-state index < -0.39 is 0 Å². The van der Waals surface area contributed by atoms with Crippen molar-refractivity contribution in [3.63, 3.8) is 0 Å². The monoisotopic (exact) mass is 279 g/mol. The number of hydrogen-bond acceptors (Lipinski definition) is 4. The van der Waals surface area contributed by atoms with Crippen LogP contribution < -0.4 is 4.90 Å². The van der Waals surface area contributed by atoms with Gasteiger partial charge in [-0.3, -0.25) is 4.79 Å². The normalized spacial score (nSPS) is 10.3. The number of rotatable bonds is 3. The van der Waals surface area contributed by atoms with Crippen LogP contribution in [0.1, 0.15) is 10.4 Å². The lowest BCUT2D eigenvalue weighted by Gasteiger charge is -2.18. The molecule has 0 bridgehead atoms. The average molecular weight is 279 g/mol. The van der Waals surface area contributed by atoms with Crippen LogP contribution in [0.3, 0.4) is 0 Å². The summed E-state index contributed by atoms with van der Waals surface area (Å²) in [4.78, 5) is 14.3. The molecular formula is C15H13N5O. The first-order valence-corrected chi connectivity index (χ1v) is 6.43. The Bertz CT molecular complexity index is 740. The van der Waals surface area contributed by atoms with Gasteiger partial charge in [-0.25, -0.2) is 0 Å². The van der Waals surface area contributed by atoms with Crippen molar-refractivity contribution in [3.05, 3.63) is 66.5 Å². The minimum atomic E-state index is -0.118. The van der Waals surface area contributed by atoms with Crippen molar-refractivity contribution in [2.45, 2.75) is 0 Å². The van der Waals surface area contributed by atoms with Crippen molar-refractivity contribution in [1.29, 1.82) is 0 Å². The highest BCUT2D eigenvalue weighted by atomic mass is 16.2. The standard InChI is InChI=1S/C15H13N5O/c1-19(12-7-3-2-4-8-12)15(21)13-9-5-6-10-14(13)20-11-16-17-18-20/h2-11H,1H3. The first-order valence-electron chi connectivity index (χ1n) is 6.43. The van der Waals surface area contributed by atoms with Gasteiger partial charge in [0.05, 0.1) is 11.3 Å². The molecule has 2 aromatic carbocycles. The third kappa shape index (κ3) is 2.51. The number of para-hydroxylation sites is 2. The van der Waals surface area contributed by atoms with E-state index in [0.29, 0.717) is 11.3 Å². The van der Waals surface area contributed by atoms with E-state index in [9.17, 15) is 4.79 Å². The highest BCUT2D eigenvalue weighted by Gasteiger charge is 2.18. The van der Waals surface area contributed by atoms with E-state index in [-0.39, 0.29) is 5.91 Å². The lowest BCUT2D eigenvalue weighted by atomic mass is 10.1. The molecule has 0 saturated heterocycles. The van der Waals surface area contributed by atoms with Crippen molar-refractivity contribution in [3.8, 4) is 5.69 Å². The number of tetrazole rings is 1. The van der Waals surface area contributed by atoms with Gasteiger partial charge < -0.3 is 4.90 Å². The summed E-state index contributed by atoms with van der Waals surface area (Å²) in [5.41, 5.74) is 2.01. The number of nitrogens with zero attached hydrogens (tertiary/aromatic N) is 5. The molecule has 0 aliphatic rings. The Balaban J connectivity index is 1.99. The zero-order valence-electron chi connectivity index (χ0n) is 11.4. The second-order valence-electron chi connectivity index (χ2n) is 4.47. The van der Waals surface area contributed by atoms with Crippen LogP contribution in [-0.4, -0.2) is 33.2 Å². The van der Waals surface area contributed by atoms with E-state index in [0.717, 1.165) is 5.69 Å². The number of benzene rings is 2. The SMILES string of the molecule is CN(C(=O)c1ccccc1-n1cnnn1)c1ccccc1. The predicted molar refractivity (Wildman–Crippen MR) is 78.3 cm³/mol. The number of anilines is 1. The predicted octanol–water partition coefficient (Wildman–Crippen LogP) is 1.94. The summed E-state index contributed by atoms with van der Waals surface area (Å²) in [5, 5.41) is 11.1. The first kappa shape index (κ1) is 13.0. The van der Waals surface area contributed by atoms with Gasteiger partial charge in [0, 0.05) is 12.7 Å². The molecule has 1 amide bonds. The van der Waals surface area contributed by atoms with Crippen LogP contribution in [0.4, 0.5) is 5.69 Å². The highest BCUT2D eigenvalue weighted by molar-refractivity contribution is 6.08. The second kappa shape index (κ2) is 5.54. The molecule has 0 N–H and O–H groups in total. The minimum absolute atomic E-state index is 0.118. The molecule has 0 radical (unpaired) electrons. The van der Waals surface area contributed by atoms with Gasteiger partial charge in [0.25, 0.3) is 5.91 Å². The third-order valence-corrected chi connectivity index (χ3v) is 3.18. The Morgan fingerprint density at radius 1 is 1.05 bits per heavy atom. The fraction of sp³-hybridized carbons (Fsp3) is 0.0667. The summed E-state index contributed by atoms with van der Waals surface area (Å²) in [6, 6.07) is 16.7. The Labute approximate surface area is 121 Å². The summed E-state index contributed by atoms with van der Waals surface area (Å²) in [6.07, 6.45) is 1.47. The number of carbonyl (C=O) groups excluding carboxylic acids is 1. The van der Waals surface area contributed by atoms with Crippen LogP contribution in [0, 0.1) is 0 Å². The fourth-order valence-corrected chi connectivity index (χ4v) is 2.08. The Morgan fingerprint density at radius 2 is 1.76 bits per heavy atom. The van der Waals surface area contributed by atoms with Gasteiger partial charge in [-0.15, -0.1) is 5.10 Å². The Kier molecular flexibility index (Phi) is 3.42. The molecule has 6 heteroatoms. The highest BCUT2D eigenvalue weighted by Crippen LogP contribution is 2.19. The van der Waals surface area contributed by atoms with Crippen molar-refractivity contribution in [2.24, 2.45) is 0 Å². The van der Waals surface area contributed by atoms with Crippen LogP contribution in [0.5, 0.6) is 0 Å². The number of hydrogen-bond donors (Lipinski definition) is 0. The quantitative estimate of drug-likeness (QED) is 0.735. The van der Waals surface area contributed by atoms with Crippen molar-refractivity contribution in [1.82, 2.24) is 20.2 Å². The van der Waals surface area contributed by atoms with E-state index in [1.165, 1.54) is 11.0 Å². The largest absolute Gasteiger partial charge is 0.311 e. The molecule has 0 atom stereocenters. The maximum Gasteiger partial charge on any atom is 0.260 e.